The number of ether oxygens (including phenoxy) is 2. The number of amides is 4. The Kier molecular flexibility index (Phi) is 5.98. The Labute approximate surface area is 244 Å². The molecule has 9 nitrogen and oxygen atoms in total. The third-order valence-corrected chi connectivity index (χ3v) is 7.13. The van der Waals surface area contributed by atoms with Crippen molar-refractivity contribution >= 4 is 35.0 Å². The van der Waals surface area contributed by atoms with Crippen LogP contribution in [-0.4, -0.2) is 28.7 Å². The number of benzene rings is 5. The molecule has 0 aliphatic carbocycles. The molecule has 2 aliphatic heterocycles. The van der Waals surface area contributed by atoms with E-state index in [2.05, 4.69) is 0 Å². The van der Waals surface area contributed by atoms with E-state index in [1.807, 2.05) is 30.3 Å². The van der Waals surface area contributed by atoms with Crippen LogP contribution in [0.5, 0.6) is 28.7 Å². The van der Waals surface area contributed by atoms with Gasteiger partial charge in [0, 0.05) is 0 Å². The summed E-state index contributed by atoms with van der Waals surface area (Å²) in [5, 5.41) is 9.55. The van der Waals surface area contributed by atoms with E-state index in [1.165, 1.54) is 48.5 Å². The molecule has 5 aromatic rings. The molecular formula is C34H20N2O7. The van der Waals surface area contributed by atoms with Crippen molar-refractivity contribution in [1.82, 2.24) is 0 Å². The molecule has 0 fully saturated rings. The summed E-state index contributed by atoms with van der Waals surface area (Å²) < 4.78 is 11.8. The Balaban J connectivity index is 1.10. The zero-order valence-corrected chi connectivity index (χ0v) is 22.3. The lowest BCUT2D eigenvalue weighted by Crippen LogP contribution is -2.29. The normalized spacial score (nSPS) is 13.8. The number of nitrogens with zero attached hydrogens (tertiary/aromatic N) is 2. The van der Waals surface area contributed by atoms with Crippen LogP contribution >= 0.6 is 0 Å². The number of hydrogen-bond acceptors (Lipinski definition) is 7. The average Bonchev–Trinajstić information content (AvgIpc) is 3.42. The van der Waals surface area contributed by atoms with E-state index in [9.17, 15) is 24.3 Å². The van der Waals surface area contributed by atoms with E-state index in [0.717, 1.165) is 9.80 Å². The molecule has 0 saturated carbocycles. The topological polar surface area (TPSA) is 113 Å². The second-order valence-electron chi connectivity index (χ2n) is 9.83. The summed E-state index contributed by atoms with van der Waals surface area (Å²) in [6, 6.07) is 30.7. The first-order valence-corrected chi connectivity index (χ1v) is 13.2. The van der Waals surface area contributed by atoms with Gasteiger partial charge in [-0.25, -0.2) is 9.80 Å². The van der Waals surface area contributed by atoms with Gasteiger partial charge in [-0.1, -0.05) is 18.2 Å². The molecule has 4 amide bonds. The van der Waals surface area contributed by atoms with Gasteiger partial charge in [0.05, 0.1) is 33.6 Å². The fourth-order valence-electron chi connectivity index (χ4n) is 5.06. The molecule has 2 aliphatic rings. The van der Waals surface area contributed by atoms with Crippen molar-refractivity contribution in [2.45, 2.75) is 0 Å². The minimum Gasteiger partial charge on any atom is -0.508 e. The highest BCUT2D eigenvalue weighted by Gasteiger charge is 2.38. The number of aromatic hydroxyl groups is 1. The van der Waals surface area contributed by atoms with E-state index in [4.69, 9.17) is 9.47 Å². The third kappa shape index (κ3) is 4.45. The summed E-state index contributed by atoms with van der Waals surface area (Å²) in [7, 11) is 0. The zero-order chi connectivity index (χ0) is 29.7. The van der Waals surface area contributed by atoms with Gasteiger partial charge in [-0.3, -0.25) is 19.2 Å². The number of imide groups is 2. The smallest absolute Gasteiger partial charge is 0.266 e. The standard InChI is InChI=1S/C34H20N2O7/c37-22-10-6-20(7-11-22)35-31(38)27-16-14-25(18-29(27)33(35)40)43-26-15-17-28-30(19-26)34(41)36(32(28)39)21-8-12-24(13-9-21)42-23-4-2-1-3-5-23/h1-19,37H. The van der Waals surface area contributed by atoms with Gasteiger partial charge in [-0.2, -0.15) is 0 Å². The number of para-hydroxylation sites is 1. The summed E-state index contributed by atoms with van der Waals surface area (Å²) in [6.45, 7) is 0. The number of phenols is 1. The monoisotopic (exact) mass is 568 g/mol. The summed E-state index contributed by atoms with van der Waals surface area (Å²) in [4.78, 5) is 54.6. The zero-order valence-electron chi connectivity index (χ0n) is 22.3. The van der Waals surface area contributed by atoms with E-state index in [1.54, 1.807) is 36.4 Å². The van der Waals surface area contributed by atoms with Crippen LogP contribution in [0.4, 0.5) is 11.4 Å². The molecule has 1 N–H and O–H groups in total. The van der Waals surface area contributed by atoms with Crippen molar-refractivity contribution in [1.29, 1.82) is 0 Å². The van der Waals surface area contributed by atoms with Gasteiger partial charge in [0.25, 0.3) is 23.6 Å². The minimum atomic E-state index is -0.526. The van der Waals surface area contributed by atoms with Crippen molar-refractivity contribution in [2.75, 3.05) is 9.80 Å². The Morgan fingerprint density at radius 1 is 0.419 bits per heavy atom. The molecule has 0 atom stereocenters. The largest absolute Gasteiger partial charge is 0.508 e. The number of phenolic OH excluding ortho intramolecular Hbond substituents is 1. The molecule has 208 valence electrons. The van der Waals surface area contributed by atoms with Crippen LogP contribution in [0.1, 0.15) is 41.4 Å². The molecule has 43 heavy (non-hydrogen) atoms. The van der Waals surface area contributed by atoms with Crippen LogP contribution in [0.2, 0.25) is 0 Å². The Bertz CT molecular complexity index is 1950. The first-order chi connectivity index (χ1) is 20.9. The van der Waals surface area contributed by atoms with Gasteiger partial charge in [0.15, 0.2) is 0 Å². The van der Waals surface area contributed by atoms with E-state index in [-0.39, 0.29) is 39.5 Å². The first-order valence-electron chi connectivity index (χ1n) is 13.2. The minimum absolute atomic E-state index is 0.0139. The molecule has 0 radical (unpaired) electrons. The fraction of sp³-hybridized carbons (Fsp3) is 0. The molecular weight excluding hydrogens is 548 g/mol. The van der Waals surface area contributed by atoms with Crippen molar-refractivity contribution in [3.05, 3.63) is 138 Å². The Hall–Kier alpha value is -6.22. The van der Waals surface area contributed by atoms with Gasteiger partial charge in [0.1, 0.15) is 28.7 Å². The van der Waals surface area contributed by atoms with E-state index < -0.39 is 23.6 Å². The Morgan fingerprint density at radius 3 is 1.33 bits per heavy atom. The van der Waals surface area contributed by atoms with Crippen molar-refractivity contribution < 1.29 is 33.8 Å². The number of carbonyl (C=O) groups is 4. The molecule has 0 saturated heterocycles. The summed E-state index contributed by atoms with van der Waals surface area (Å²) in [5.74, 6) is -0.183. The van der Waals surface area contributed by atoms with Gasteiger partial charge in [-0.15, -0.1) is 0 Å². The number of carbonyl (C=O) groups excluding carboxylic acids is 4. The summed E-state index contributed by atoms with van der Waals surface area (Å²) >= 11 is 0. The fourth-order valence-corrected chi connectivity index (χ4v) is 5.06. The second kappa shape index (κ2) is 10.0. The maximum atomic E-state index is 13.3. The third-order valence-electron chi connectivity index (χ3n) is 7.13. The number of rotatable bonds is 6. The molecule has 0 bridgehead atoms. The number of anilines is 2. The maximum absolute atomic E-state index is 13.3. The van der Waals surface area contributed by atoms with Gasteiger partial charge in [-0.05, 0) is 97.1 Å². The summed E-state index contributed by atoms with van der Waals surface area (Å²) in [6.07, 6.45) is 0. The highest BCUT2D eigenvalue weighted by Crippen LogP contribution is 2.36. The Morgan fingerprint density at radius 2 is 0.814 bits per heavy atom. The molecule has 0 aromatic heterocycles. The quantitative estimate of drug-likeness (QED) is 0.230. The SMILES string of the molecule is O=C1c2ccc(Oc3ccc4c(c3)C(=O)N(c3ccc(Oc5ccccc5)cc3)C4=O)cc2C(=O)N1c1ccc(O)cc1. The van der Waals surface area contributed by atoms with Crippen LogP contribution in [0.3, 0.4) is 0 Å². The lowest BCUT2D eigenvalue weighted by Gasteiger charge is -2.14. The summed E-state index contributed by atoms with van der Waals surface area (Å²) in [5.41, 5.74) is 1.52. The molecule has 0 unspecified atom stereocenters. The van der Waals surface area contributed by atoms with Crippen LogP contribution in [0, 0.1) is 0 Å². The van der Waals surface area contributed by atoms with Gasteiger partial charge >= 0.3 is 0 Å². The van der Waals surface area contributed by atoms with Crippen LogP contribution in [0.15, 0.2) is 115 Å². The maximum Gasteiger partial charge on any atom is 0.266 e. The number of fused-ring (bicyclic) bond motifs is 2. The van der Waals surface area contributed by atoms with Crippen molar-refractivity contribution in [3.8, 4) is 28.7 Å². The van der Waals surface area contributed by atoms with Gasteiger partial charge < -0.3 is 14.6 Å². The molecule has 7 rings (SSSR count). The number of hydrogen-bond donors (Lipinski definition) is 1. The highest BCUT2D eigenvalue weighted by atomic mass is 16.5. The van der Waals surface area contributed by atoms with Crippen molar-refractivity contribution in [3.63, 3.8) is 0 Å². The molecule has 5 aromatic carbocycles. The predicted octanol–water partition coefficient (Wildman–Crippen LogP) is 6.58. The van der Waals surface area contributed by atoms with Crippen LogP contribution < -0.4 is 19.3 Å². The van der Waals surface area contributed by atoms with Crippen LogP contribution in [0.25, 0.3) is 0 Å². The predicted molar refractivity (Wildman–Crippen MR) is 156 cm³/mol. The van der Waals surface area contributed by atoms with Gasteiger partial charge in [0.2, 0.25) is 0 Å². The molecule has 9 heteroatoms. The molecule has 0 spiro atoms. The van der Waals surface area contributed by atoms with E-state index in [0.29, 0.717) is 22.9 Å². The van der Waals surface area contributed by atoms with Crippen molar-refractivity contribution in [2.24, 2.45) is 0 Å². The lowest BCUT2D eigenvalue weighted by atomic mass is 10.1. The highest BCUT2D eigenvalue weighted by molar-refractivity contribution is 6.35. The average molecular weight is 569 g/mol. The second-order valence-corrected chi connectivity index (χ2v) is 9.83. The molecule has 2 heterocycles. The van der Waals surface area contributed by atoms with Crippen LogP contribution in [-0.2, 0) is 0 Å². The van der Waals surface area contributed by atoms with E-state index >= 15 is 0 Å². The lowest BCUT2D eigenvalue weighted by molar-refractivity contribution is 0.0910. The first kappa shape index (κ1) is 25.7.